The third kappa shape index (κ3) is 3.50. The van der Waals surface area contributed by atoms with Crippen LogP contribution in [0.4, 0.5) is 0 Å². The zero-order valence-corrected chi connectivity index (χ0v) is 12.2. The van der Waals surface area contributed by atoms with Crippen molar-refractivity contribution in [1.82, 2.24) is 10.2 Å². The van der Waals surface area contributed by atoms with Gasteiger partial charge in [-0.25, -0.2) is 0 Å². The minimum Gasteiger partial charge on any atom is -0.337 e. The van der Waals surface area contributed by atoms with Crippen molar-refractivity contribution in [1.29, 1.82) is 0 Å². The van der Waals surface area contributed by atoms with E-state index in [1.807, 2.05) is 0 Å². The Morgan fingerprint density at radius 3 is 2.42 bits per heavy atom. The lowest BCUT2D eigenvalue weighted by atomic mass is 9.93. The molecule has 1 aliphatic heterocycles. The molecule has 1 heterocycles. The first-order valence-corrected chi connectivity index (χ1v) is 8.27. The maximum absolute atomic E-state index is 12.6. The van der Waals surface area contributed by atoms with Gasteiger partial charge in [-0.1, -0.05) is 0 Å². The van der Waals surface area contributed by atoms with E-state index >= 15 is 0 Å². The lowest BCUT2D eigenvalue weighted by Crippen LogP contribution is -2.41. The summed E-state index contributed by atoms with van der Waals surface area (Å²) in [4.78, 5) is 14.8. The average molecular weight is 264 g/mol. The Labute approximate surface area is 117 Å². The summed E-state index contributed by atoms with van der Waals surface area (Å²) < 4.78 is 0. The molecule has 2 saturated carbocycles. The summed E-state index contributed by atoms with van der Waals surface area (Å²) in [5.74, 6) is 2.03. The molecular formula is C16H28N2O. The summed E-state index contributed by atoms with van der Waals surface area (Å²) in [6.07, 6.45) is 9.59. The summed E-state index contributed by atoms with van der Waals surface area (Å²) >= 11 is 0. The quantitative estimate of drug-likeness (QED) is 0.799. The second-order valence-corrected chi connectivity index (χ2v) is 6.84. The molecule has 0 aromatic carbocycles. The van der Waals surface area contributed by atoms with Gasteiger partial charge in [0.05, 0.1) is 0 Å². The second-order valence-electron chi connectivity index (χ2n) is 6.84. The van der Waals surface area contributed by atoms with Crippen molar-refractivity contribution < 1.29 is 4.79 Å². The van der Waals surface area contributed by atoms with Gasteiger partial charge in [-0.3, -0.25) is 4.79 Å². The predicted molar refractivity (Wildman–Crippen MR) is 76.9 cm³/mol. The van der Waals surface area contributed by atoms with E-state index in [0.29, 0.717) is 18.0 Å². The number of nitrogens with zero attached hydrogens (tertiary/aromatic N) is 1. The molecule has 1 atom stereocenters. The highest BCUT2D eigenvalue weighted by atomic mass is 16.2. The van der Waals surface area contributed by atoms with Crippen LogP contribution < -0.4 is 5.32 Å². The van der Waals surface area contributed by atoms with Gasteiger partial charge < -0.3 is 10.2 Å². The molecule has 3 rings (SSSR count). The van der Waals surface area contributed by atoms with Crippen molar-refractivity contribution >= 4 is 5.91 Å². The zero-order valence-electron chi connectivity index (χ0n) is 12.2. The molecule has 0 bridgehead atoms. The molecule has 0 aromatic rings. The first kappa shape index (κ1) is 13.4. The highest BCUT2D eigenvalue weighted by molar-refractivity contribution is 5.77. The minimum atomic E-state index is 0.445. The molecule has 1 N–H and O–H groups in total. The van der Waals surface area contributed by atoms with Crippen LogP contribution in [0.1, 0.15) is 58.3 Å². The molecule has 3 fully saturated rings. The molecule has 19 heavy (non-hydrogen) atoms. The number of carbonyl (C=O) groups excluding carboxylic acids is 1. The number of hydrogen-bond donors (Lipinski definition) is 1. The second kappa shape index (κ2) is 5.82. The molecule has 0 radical (unpaired) electrons. The van der Waals surface area contributed by atoms with Gasteiger partial charge in [0.1, 0.15) is 0 Å². The molecule has 1 unspecified atom stereocenters. The maximum atomic E-state index is 12.6. The van der Waals surface area contributed by atoms with E-state index in [4.69, 9.17) is 0 Å². The van der Waals surface area contributed by atoms with Crippen LogP contribution in [0.5, 0.6) is 0 Å². The number of carbonyl (C=O) groups is 1. The average Bonchev–Trinajstić information content (AvgIpc) is 3.29. The van der Waals surface area contributed by atoms with Gasteiger partial charge in [-0.05, 0) is 76.8 Å². The number of hydrogen-bond acceptors (Lipinski definition) is 2. The lowest BCUT2D eigenvalue weighted by molar-refractivity contribution is -0.134. The third-order valence-electron chi connectivity index (χ3n) is 5.20. The Kier molecular flexibility index (Phi) is 4.11. The molecule has 0 spiro atoms. The van der Waals surface area contributed by atoms with Crippen LogP contribution in [0.2, 0.25) is 0 Å². The van der Waals surface area contributed by atoms with E-state index in [-0.39, 0.29) is 0 Å². The van der Waals surface area contributed by atoms with Gasteiger partial charge in [0, 0.05) is 18.5 Å². The van der Waals surface area contributed by atoms with Gasteiger partial charge in [0.15, 0.2) is 0 Å². The maximum Gasteiger partial charge on any atom is 0.223 e. The molecular weight excluding hydrogens is 236 g/mol. The molecule has 1 amide bonds. The lowest BCUT2D eigenvalue weighted by Gasteiger charge is -2.30. The standard InChI is InChI=1S/C16H28N2O/c1-12(14-3-4-14)18(15-5-6-15)16(19)7-2-13-8-10-17-11-9-13/h12-15,17H,2-11H2,1H3. The summed E-state index contributed by atoms with van der Waals surface area (Å²) in [5, 5.41) is 3.40. The fourth-order valence-corrected chi connectivity index (χ4v) is 3.55. The number of amides is 1. The van der Waals surface area contributed by atoms with Crippen molar-refractivity contribution in [3.8, 4) is 0 Å². The fourth-order valence-electron chi connectivity index (χ4n) is 3.55. The van der Waals surface area contributed by atoms with Crippen molar-refractivity contribution in [3.63, 3.8) is 0 Å². The van der Waals surface area contributed by atoms with E-state index in [0.717, 1.165) is 37.8 Å². The van der Waals surface area contributed by atoms with Crippen LogP contribution in [0.3, 0.4) is 0 Å². The zero-order chi connectivity index (χ0) is 13.2. The van der Waals surface area contributed by atoms with Gasteiger partial charge in [0.25, 0.3) is 0 Å². The van der Waals surface area contributed by atoms with Crippen LogP contribution >= 0.6 is 0 Å². The normalized spacial score (nSPS) is 26.2. The Bertz CT molecular complexity index is 317. The van der Waals surface area contributed by atoms with Crippen LogP contribution in [-0.4, -0.2) is 36.0 Å². The fraction of sp³-hybridized carbons (Fsp3) is 0.938. The topological polar surface area (TPSA) is 32.3 Å². The smallest absolute Gasteiger partial charge is 0.223 e. The molecule has 2 aliphatic carbocycles. The molecule has 3 aliphatic rings. The number of rotatable bonds is 6. The predicted octanol–water partition coefficient (Wildman–Crippen LogP) is 2.56. The van der Waals surface area contributed by atoms with Crippen molar-refractivity contribution in [2.75, 3.05) is 13.1 Å². The van der Waals surface area contributed by atoms with E-state index in [9.17, 15) is 4.79 Å². The number of nitrogens with one attached hydrogen (secondary N) is 1. The largest absolute Gasteiger partial charge is 0.337 e. The van der Waals surface area contributed by atoms with Crippen molar-refractivity contribution in [2.45, 2.75) is 70.4 Å². The highest BCUT2D eigenvalue weighted by Crippen LogP contribution is 2.40. The van der Waals surface area contributed by atoms with Crippen molar-refractivity contribution in [2.24, 2.45) is 11.8 Å². The molecule has 108 valence electrons. The van der Waals surface area contributed by atoms with Crippen molar-refractivity contribution in [3.05, 3.63) is 0 Å². The SMILES string of the molecule is CC(C1CC1)N(C(=O)CCC1CCNCC1)C1CC1. The highest BCUT2D eigenvalue weighted by Gasteiger charge is 2.41. The Hall–Kier alpha value is -0.570. The van der Waals surface area contributed by atoms with Crippen LogP contribution in [0.15, 0.2) is 0 Å². The van der Waals surface area contributed by atoms with Gasteiger partial charge in [-0.15, -0.1) is 0 Å². The van der Waals surface area contributed by atoms with Gasteiger partial charge >= 0.3 is 0 Å². The van der Waals surface area contributed by atoms with E-state index < -0.39 is 0 Å². The molecule has 1 saturated heterocycles. The Morgan fingerprint density at radius 2 is 1.84 bits per heavy atom. The summed E-state index contributed by atoms with van der Waals surface area (Å²) in [7, 11) is 0. The molecule has 3 nitrogen and oxygen atoms in total. The first-order chi connectivity index (χ1) is 9.25. The summed E-state index contributed by atoms with van der Waals surface area (Å²) in [6.45, 7) is 4.56. The summed E-state index contributed by atoms with van der Waals surface area (Å²) in [6, 6.07) is 1.10. The monoisotopic (exact) mass is 264 g/mol. The molecule has 0 aromatic heterocycles. The van der Waals surface area contributed by atoms with Crippen LogP contribution in [-0.2, 0) is 4.79 Å². The van der Waals surface area contributed by atoms with Crippen LogP contribution in [0, 0.1) is 11.8 Å². The Morgan fingerprint density at radius 1 is 1.16 bits per heavy atom. The van der Waals surface area contributed by atoms with E-state index in [1.165, 1.54) is 38.5 Å². The van der Waals surface area contributed by atoms with E-state index in [1.54, 1.807) is 0 Å². The van der Waals surface area contributed by atoms with Gasteiger partial charge in [0.2, 0.25) is 5.91 Å². The minimum absolute atomic E-state index is 0.445. The third-order valence-corrected chi connectivity index (χ3v) is 5.20. The number of piperidine rings is 1. The summed E-state index contributed by atoms with van der Waals surface area (Å²) in [5.41, 5.74) is 0. The first-order valence-electron chi connectivity index (χ1n) is 8.27. The van der Waals surface area contributed by atoms with Crippen LogP contribution in [0.25, 0.3) is 0 Å². The molecule has 3 heteroatoms. The van der Waals surface area contributed by atoms with E-state index in [2.05, 4.69) is 17.1 Å². The Balaban J connectivity index is 1.48. The van der Waals surface area contributed by atoms with Gasteiger partial charge in [-0.2, -0.15) is 0 Å².